The average molecular weight is 275 g/mol. The molecule has 4 heteroatoms. The van der Waals surface area contributed by atoms with Crippen molar-refractivity contribution >= 4 is 11.6 Å². The van der Waals surface area contributed by atoms with Gasteiger partial charge in [-0.1, -0.05) is 12.8 Å². The van der Waals surface area contributed by atoms with Crippen molar-refractivity contribution < 1.29 is 4.79 Å². The molecule has 1 aromatic heterocycles. The molecule has 0 radical (unpaired) electrons. The molecule has 110 valence electrons. The van der Waals surface area contributed by atoms with E-state index in [-0.39, 0.29) is 11.4 Å². The van der Waals surface area contributed by atoms with Crippen molar-refractivity contribution in [3.8, 4) is 0 Å². The number of anilines is 1. The Bertz CT molecular complexity index is 457. The van der Waals surface area contributed by atoms with Crippen LogP contribution in [0, 0.1) is 0 Å². The number of aromatic nitrogens is 1. The second-order valence-electron chi connectivity index (χ2n) is 6.54. The quantitative estimate of drug-likeness (QED) is 0.902. The monoisotopic (exact) mass is 275 g/mol. The molecular formula is C16H25N3O. The van der Waals surface area contributed by atoms with Gasteiger partial charge < -0.3 is 10.2 Å². The van der Waals surface area contributed by atoms with Gasteiger partial charge >= 0.3 is 0 Å². The third kappa shape index (κ3) is 4.22. The molecule has 1 saturated heterocycles. The van der Waals surface area contributed by atoms with Gasteiger partial charge in [-0.25, -0.2) is 0 Å². The Hall–Kier alpha value is -1.58. The minimum Gasteiger partial charge on any atom is -0.370 e. The lowest BCUT2D eigenvalue weighted by molar-refractivity contribution is 0.0919. The van der Waals surface area contributed by atoms with Crippen LogP contribution in [-0.2, 0) is 0 Å². The molecule has 2 rings (SSSR count). The van der Waals surface area contributed by atoms with Crippen molar-refractivity contribution in [2.75, 3.05) is 18.0 Å². The van der Waals surface area contributed by atoms with E-state index < -0.39 is 0 Å². The molecule has 1 N–H and O–H groups in total. The zero-order valence-electron chi connectivity index (χ0n) is 12.8. The molecule has 1 aromatic rings. The Morgan fingerprint density at radius 2 is 1.80 bits per heavy atom. The average Bonchev–Trinajstić information content (AvgIpc) is 2.66. The van der Waals surface area contributed by atoms with Gasteiger partial charge in [-0.05, 0) is 39.7 Å². The summed E-state index contributed by atoms with van der Waals surface area (Å²) in [4.78, 5) is 18.8. The highest BCUT2D eigenvalue weighted by atomic mass is 16.1. The molecular weight excluding hydrogens is 250 g/mol. The van der Waals surface area contributed by atoms with Crippen LogP contribution in [0.5, 0.6) is 0 Å². The van der Waals surface area contributed by atoms with E-state index in [2.05, 4.69) is 15.2 Å². The van der Waals surface area contributed by atoms with Crippen LogP contribution in [0.4, 0.5) is 5.69 Å². The first-order valence-electron chi connectivity index (χ1n) is 7.48. The zero-order valence-corrected chi connectivity index (χ0v) is 12.8. The first-order valence-corrected chi connectivity index (χ1v) is 7.48. The van der Waals surface area contributed by atoms with E-state index in [1.165, 1.54) is 25.7 Å². The molecule has 4 nitrogen and oxygen atoms in total. The first kappa shape index (κ1) is 14.8. The number of nitrogens with zero attached hydrogens (tertiary/aromatic N) is 2. The van der Waals surface area contributed by atoms with Crippen molar-refractivity contribution in [1.82, 2.24) is 10.3 Å². The number of rotatable bonds is 2. The van der Waals surface area contributed by atoms with Crippen LogP contribution in [0.3, 0.4) is 0 Å². The summed E-state index contributed by atoms with van der Waals surface area (Å²) in [6, 6.07) is 1.96. The van der Waals surface area contributed by atoms with Gasteiger partial charge in [-0.3, -0.25) is 9.78 Å². The van der Waals surface area contributed by atoms with E-state index in [1.54, 1.807) is 6.20 Å². The van der Waals surface area contributed by atoms with Crippen molar-refractivity contribution in [2.45, 2.75) is 52.0 Å². The van der Waals surface area contributed by atoms with E-state index in [0.29, 0.717) is 5.56 Å². The van der Waals surface area contributed by atoms with Crippen LogP contribution < -0.4 is 10.2 Å². The molecule has 0 saturated carbocycles. The van der Waals surface area contributed by atoms with Gasteiger partial charge in [0.25, 0.3) is 5.91 Å². The third-order valence-electron chi connectivity index (χ3n) is 3.45. The second-order valence-corrected chi connectivity index (χ2v) is 6.54. The van der Waals surface area contributed by atoms with E-state index in [1.807, 2.05) is 33.0 Å². The Labute approximate surface area is 121 Å². The van der Waals surface area contributed by atoms with E-state index in [0.717, 1.165) is 18.8 Å². The summed E-state index contributed by atoms with van der Waals surface area (Å²) in [5.74, 6) is -0.0540. The number of hydrogen-bond donors (Lipinski definition) is 1. The van der Waals surface area contributed by atoms with Gasteiger partial charge in [-0.15, -0.1) is 0 Å². The molecule has 1 fully saturated rings. The third-order valence-corrected chi connectivity index (χ3v) is 3.45. The summed E-state index contributed by atoms with van der Waals surface area (Å²) >= 11 is 0. The zero-order chi connectivity index (χ0) is 14.6. The predicted molar refractivity (Wildman–Crippen MR) is 82.1 cm³/mol. The SMILES string of the molecule is CC(C)(C)NC(=O)c1cncc(N2CCCCCC2)c1. The Balaban J connectivity index is 2.12. The number of amides is 1. The topological polar surface area (TPSA) is 45.2 Å². The first-order chi connectivity index (χ1) is 9.46. The highest BCUT2D eigenvalue weighted by molar-refractivity contribution is 5.95. The largest absolute Gasteiger partial charge is 0.370 e. The van der Waals surface area contributed by atoms with Gasteiger partial charge in [-0.2, -0.15) is 0 Å². The highest BCUT2D eigenvalue weighted by Crippen LogP contribution is 2.19. The normalized spacial score (nSPS) is 16.6. The van der Waals surface area contributed by atoms with Gasteiger partial charge in [0.2, 0.25) is 0 Å². The minimum atomic E-state index is -0.226. The number of carbonyl (C=O) groups excluding carboxylic acids is 1. The lowest BCUT2D eigenvalue weighted by Crippen LogP contribution is -2.40. The Kier molecular flexibility index (Phi) is 4.63. The fraction of sp³-hybridized carbons (Fsp3) is 0.625. The second kappa shape index (κ2) is 6.25. The molecule has 1 aliphatic rings. The van der Waals surface area contributed by atoms with Crippen molar-refractivity contribution in [3.63, 3.8) is 0 Å². The van der Waals surface area contributed by atoms with Crippen molar-refractivity contribution in [2.24, 2.45) is 0 Å². The standard InChI is InChI=1S/C16H25N3O/c1-16(2,3)18-15(20)13-10-14(12-17-11-13)19-8-6-4-5-7-9-19/h10-12H,4-9H2,1-3H3,(H,18,20). The summed E-state index contributed by atoms with van der Waals surface area (Å²) in [7, 11) is 0. The lowest BCUT2D eigenvalue weighted by Gasteiger charge is -2.24. The summed E-state index contributed by atoms with van der Waals surface area (Å²) in [6.45, 7) is 8.07. The summed E-state index contributed by atoms with van der Waals surface area (Å²) < 4.78 is 0. The maximum atomic E-state index is 12.2. The maximum absolute atomic E-state index is 12.2. The van der Waals surface area contributed by atoms with Crippen molar-refractivity contribution in [3.05, 3.63) is 24.0 Å². The van der Waals surface area contributed by atoms with Crippen molar-refractivity contribution in [1.29, 1.82) is 0 Å². The summed E-state index contributed by atoms with van der Waals surface area (Å²) in [6.07, 6.45) is 8.54. The molecule has 0 unspecified atom stereocenters. The molecule has 0 spiro atoms. The van der Waals surface area contributed by atoms with E-state index >= 15 is 0 Å². The molecule has 0 atom stereocenters. The van der Waals surface area contributed by atoms with Gasteiger partial charge in [0.15, 0.2) is 0 Å². The van der Waals surface area contributed by atoms with Gasteiger partial charge in [0.1, 0.15) is 0 Å². The van der Waals surface area contributed by atoms with E-state index in [4.69, 9.17) is 0 Å². The summed E-state index contributed by atoms with van der Waals surface area (Å²) in [5, 5.41) is 2.98. The minimum absolute atomic E-state index is 0.0540. The Morgan fingerprint density at radius 3 is 2.40 bits per heavy atom. The smallest absolute Gasteiger partial charge is 0.253 e. The molecule has 0 aliphatic carbocycles. The number of hydrogen-bond acceptors (Lipinski definition) is 3. The lowest BCUT2D eigenvalue weighted by atomic mass is 10.1. The van der Waals surface area contributed by atoms with Crippen LogP contribution >= 0.6 is 0 Å². The number of nitrogens with one attached hydrogen (secondary N) is 1. The maximum Gasteiger partial charge on any atom is 0.253 e. The van der Waals surface area contributed by atoms with Gasteiger partial charge in [0.05, 0.1) is 17.4 Å². The highest BCUT2D eigenvalue weighted by Gasteiger charge is 2.17. The molecule has 20 heavy (non-hydrogen) atoms. The van der Waals surface area contributed by atoms with Crippen LogP contribution in [0.1, 0.15) is 56.8 Å². The number of pyridine rings is 1. The fourth-order valence-electron chi connectivity index (χ4n) is 2.47. The molecule has 0 bridgehead atoms. The molecule has 1 aliphatic heterocycles. The molecule has 1 amide bonds. The summed E-state index contributed by atoms with van der Waals surface area (Å²) in [5.41, 5.74) is 1.48. The van der Waals surface area contributed by atoms with Gasteiger partial charge in [0, 0.05) is 24.8 Å². The van der Waals surface area contributed by atoms with E-state index in [9.17, 15) is 4.79 Å². The predicted octanol–water partition coefficient (Wildman–Crippen LogP) is 2.99. The Morgan fingerprint density at radius 1 is 1.15 bits per heavy atom. The molecule has 2 heterocycles. The fourth-order valence-corrected chi connectivity index (χ4v) is 2.47. The molecule has 0 aromatic carbocycles. The van der Waals surface area contributed by atoms with Crippen LogP contribution in [0.25, 0.3) is 0 Å². The van der Waals surface area contributed by atoms with Crippen LogP contribution in [0.15, 0.2) is 18.5 Å². The van der Waals surface area contributed by atoms with Crippen LogP contribution in [-0.4, -0.2) is 29.5 Å². The number of carbonyl (C=O) groups is 1. The van der Waals surface area contributed by atoms with Crippen LogP contribution in [0.2, 0.25) is 0 Å².